The highest BCUT2D eigenvalue weighted by Crippen LogP contribution is 2.39. The zero-order valence-corrected chi connectivity index (χ0v) is 29.5. The zero-order chi connectivity index (χ0) is 58.3. The molecule has 6 heteroatoms. The SMILES string of the molecule is [2H]c1c([2H])c([2H])c(-c2c([2H])c([2H])c3c4c([2H])c([2H])c(-c5c([2H])c([2H])c([2H])c([2H])c5[2H])c([2H])c4n(-c4nc(-c5ccc6sc7ccccc7c6c5)nc(-n5c6c([2H])c([2H])c([2H])c([2H])c6c6c([2H])c([2H])c([2H])c([2H])c65)n4)c3c2[2H])c([2H])c1[2H]. The van der Waals surface area contributed by atoms with E-state index in [1.807, 2.05) is 24.3 Å². The van der Waals surface area contributed by atoms with Crippen molar-refractivity contribution in [3.63, 3.8) is 0 Å². The van der Waals surface area contributed by atoms with Crippen molar-refractivity contribution in [2.75, 3.05) is 0 Å². The maximum absolute atomic E-state index is 10.0. The van der Waals surface area contributed by atoms with E-state index in [-0.39, 0.29) is 22.2 Å². The van der Waals surface area contributed by atoms with E-state index in [2.05, 4.69) is 0 Å². The summed E-state index contributed by atoms with van der Waals surface area (Å²) in [6, 6.07) is -7.40. The lowest BCUT2D eigenvalue weighted by Gasteiger charge is -2.13. The van der Waals surface area contributed by atoms with Crippen LogP contribution >= 0.6 is 11.3 Å². The van der Waals surface area contributed by atoms with Gasteiger partial charge in [0, 0.05) is 47.3 Å². The van der Waals surface area contributed by atoms with Gasteiger partial charge < -0.3 is 0 Å². The van der Waals surface area contributed by atoms with E-state index in [0.29, 0.717) is 5.39 Å². The summed E-state index contributed by atoms with van der Waals surface area (Å²) in [5, 5.41) is -0.271. The van der Waals surface area contributed by atoms with Crippen molar-refractivity contribution >= 4 is 75.1 Å². The fraction of sp³-hybridized carbons (Fsp3) is 0. The standard InChI is InChI=1S/C51H31N5S/c1-3-13-32(14-4-1)34-23-26-39-40-27-24-35(33-15-5-2-6-16-33)31-46(40)56(45(39)30-34)51-53-49(36-25-28-48-42(29-36)41-19-9-12-22-47(41)57-48)52-50(54-51)55-43-20-10-7-17-37(43)38-18-8-11-21-44(38)55/h1-31H/i1D,2D,3D,4D,5D,6D,7D,8D,10D,11D,13D,14D,15D,16D,17D,18D,20D,21D,23D,24D,26D,27D,30D,31D. The van der Waals surface area contributed by atoms with Crippen LogP contribution in [0.1, 0.15) is 32.9 Å². The Hall–Kier alpha value is -7.41. The van der Waals surface area contributed by atoms with Gasteiger partial charge in [-0.2, -0.15) is 15.0 Å². The number of thiophene rings is 1. The monoisotopic (exact) mass is 769 g/mol. The molecule has 0 atom stereocenters. The van der Waals surface area contributed by atoms with Gasteiger partial charge in [-0.15, -0.1) is 11.3 Å². The minimum absolute atomic E-state index is 0.211. The Morgan fingerprint density at radius 1 is 0.386 bits per heavy atom. The van der Waals surface area contributed by atoms with E-state index < -0.39 is 212 Å². The van der Waals surface area contributed by atoms with Crippen molar-refractivity contribution in [3.05, 3.63) is 187 Å². The summed E-state index contributed by atoms with van der Waals surface area (Å²) in [5.74, 6) is -1.62. The Morgan fingerprint density at radius 3 is 1.51 bits per heavy atom. The number of hydrogen-bond donors (Lipinski definition) is 0. The van der Waals surface area contributed by atoms with Crippen LogP contribution < -0.4 is 0 Å². The van der Waals surface area contributed by atoms with Gasteiger partial charge in [-0.3, -0.25) is 9.13 Å². The maximum Gasteiger partial charge on any atom is 0.240 e. The molecule has 0 radical (unpaired) electrons. The minimum Gasteiger partial charge on any atom is -0.278 e. The fourth-order valence-corrected chi connectivity index (χ4v) is 8.06. The topological polar surface area (TPSA) is 48.5 Å². The van der Waals surface area contributed by atoms with E-state index in [9.17, 15) is 11.0 Å². The van der Waals surface area contributed by atoms with Gasteiger partial charge in [0.2, 0.25) is 11.9 Å². The largest absolute Gasteiger partial charge is 0.278 e. The number of hydrogen-bond acceptors (Lipinski definition) is 4. The molecular weight excluding hydrogens is 715 g/mol. The lowest BCUT2D eigenvalue weighted by atomic mass is 10.0. The average Bonchev–Trinajstić information content (AvgIpc) is 4.36. The molecule has 0 aliphatic rings. The third-order valence-electron chi connectivity index (χ3n) is 9.46. The molecule has 0 spiro atoms. The first-order chi connectivity index (χ1) is 38.2. The Balaban J connectivity index is 1.35. The second-order valence-electron chi connectivity index (χ2n) is 12.6. The fourth-order valence-electron chi connectivity index (χ4n) is 6.97. The molecule has 266 valence electrons. The Labute approximate surface area is 365 Å². The Morgan fingerprint density at radius 2 is 0.895 bits per heavy atom. The summed E-state index contributed by atoms with van der Waals surface area (Å²) >= 11 is 1.47. The number of benzene rings is 8. The lowest BCUT2D eigenvalue weighted by molar-refractivity contribution is 0.893. The van der Waals surface area contributed by atoms with E-state index >= 15 is 0 Å². The molecule has 0 saturated heterocycles. The molecule has 0 amide bonds. The van der Waals surface area contributed by atoms with Crippen molar-refractivity contribution in [2.45, 2.75) is 0 Å². The van der Waals surface area contributed by atoms with Crippen molar-refractivity contribution in [1.82, 2.24) is 24.1 Å². The first kappa shape index (κ1) is 16.4. The van der Waals surface area contributed by atoms with Crippen LogP contribution in [0.4, 0.5) is 0 Å². The molecule has 8 aromatic carbocycles. The predicted octanol–water partition coefficient (Wildman–Crippen LogP) is 13.4. The molecule has 4 aromatic heterocycles. The molecule has 0 unspecified atom stereocenters. The van der Waals surface area contributed by atoms with Gasteiger partial charge in [0.05, 0.1) is 55.0 Å². The Bertz CT molecular complexity index is 4670. The first-order valence-corrected chi connectivity index (χ1v) is 18.0. The molecule has 0 saturated carbocycles. The van der Waals surface area contributed by atoms with Crippen LogP contribution in [0, 0.1) is 0 Å². The quantitative estimate of drug-likeness (QED) is 0.175. The third kappa shape index (κ3) is 5.04. The molecule has 5 nitrogen and oxygen atoms in total. The first-order valence-electron chi connectivity index (χ1n) is 29.2. The summed E-state index contributed by atoms with van der Waals surface area (Å²) in [4.78, 5) is 14.6. The molecule has 0 N–H and O–H groups in total. The van der Waals surface area contributed by atoms with Crippen LogP contribution in [0.3, 0.4) is 0 Å². The van der Waals surface area contributed by atoms with Gasteiger partial charge in [-0.25, -0.2) is 0 Å². The van der Waals surface area contributed by atoms with Gasteiger partial charge in [-0.1, -0.05) is 139 Å². The van der Waals surface area contributed by atoms with Gasteiger partial charge in [0.25, 0.3) is 0 Å². The van der Waals surface area contributed by atoms with E-state index in [1.54, 1.807) is 18.2 Å². The Kier molecular flexibility index (Phi) is 3.61. The molecule has 0 bridgehead atoms. The smallest absolute Gasteiger partial charge is 0.240 e. The van der Waals surface area contributed by atoms with Crippen molar-refractivity contribution in [2.24, 2.45) is 0 Å². The van der Waals surface area contributed by atoms with Crippen molar-refractivity contribution < 1.29 is 32.9 Å². The van der Waals surface area contributed by atoms with Crippen molar-refractivity contribution in [1.29, 1.82) is 0 Å². The van der Waals surface area contributed by atoms with E-state index in [1.165, 1.54) is 11.3 Å². The maximum atomic E-state index is 10.0. The normalized spacial score (nSPS) is 17.8. The highest BCUT2D eigenvalue weighted by Gasteiger charge is 2.22. The van der Waals surface area contributed by atoms with Crippen molar-refractivity contribution in [3.8, 4) is 45.5 Å². The number of fused-ring (bicyclic) bond motifs is 9. The third-order valence-corrected chi connectivity index (χ3v) is 10.6. The van der Waals surface area contributed by atoms with Crippen LogP contribution in [0.5, 0.6) is 0 Å². The molecule has 0 fully saturated rings. The van der Waals surface area contributed by atoms with Crippen LogP contribution in [0.25, 0.3) is 109 Å². The second-order valence-corrected chi connectivity index (χ2v) is 13.7. The number of nitrogens with zero attached hydrogens (tertiary/aromatic N) is 5. The molecular formula is C51H31N5S. The van der Waals surface area contributed by atoms with Gasteiger partial charge in [0.15, 0.2) is 5.82 Å². The van der Waals surface area contributed by atoms with Crippen LogP contribution in [-0.2, 0) is 0 Å². The summed E-state index contributed by atoms with van der Waals surface area (Å²) < 4.78 is 220. The molecule has 12 rings (SSSR count). The lowest BCUT2D eigenvalue weighted by Crippen LogP contribution is -2.10. The highest BCUT2D eigenvalue weighted by molar-refractivity contribution is 7.25. The van der Waals surface area contributed by atoms with Crippen LogP contribution in [0.15, 0.2) is 187 Å². The summed E-state index contributed by atoms with van der Waals surface area (Å²) in [6.07, 6.45) is 0. The van der Waals surface area contributed by atoms with E-state index in [0.717, 1.165) is 23.9 Å². The van der Waals surface area contributed by atoms with Gasteiger partial charge in [0.1, 0.15) is 0 Å². The minimum atomic E-state index is -0.904. The molecule has 0 aliphatic carbocycles. The zero-order valence-electron chi connectivity index (χ0n) is 52.7. The predicted molar refractivity (Wildman–Crippen MR) is 238 cm³/mol. The van der Waals surface area contributed by atoms with Crippen LogP contribution in [-0.4, -0.2) is 24.1 Å². The number of para-hydroxylation sites is 2. The second kappa shape index (κ2) is 12.6. The average molecular weight is 770 g/mol. The summed E-state index contributed by atoms with van der Waals surface area (Å²) in [6.45, 7) is 0. The van der Waals surface area contributed by atoms with Gasteiger partial charge >= 0.3 is 0 Å². The molecule has 12 aromatic rings. The molecule has 57 heavy (non-hydrogen) atoms. The molecule has 4 heterocycles. The highest BCUT2D eigenvalue weighted by atomic mass is 32.1. The summed E-state index contributed by atoms with van der Waals surface area (Å²) in [5.41, 5.74) is -4.72. The summed E-state index contributed by atoms with van der Waals surface area (Å²) in [7, 11) is 0. The number of aromatic nitrogens is 5. The van der Waals surface area contributed by atoms with E-state index in [4.69, 9.17) is 36.9 Å². The number of rotatable bonds is 5. The van der Waals surface area contributed by atoms with Crippen LogP contribution in [0.2, 0.25) is 0 Å². The molecule has 0 aliphatic heterocycles. The van der Waals surface area contributed by atoms with Gasteiger partial charge in [-0.05, 0) is 70.7 Å².